The Morgan fingerprint density at radius 2 is 2.40 bits per heavy atom. The number of nitrogens with zero attached hydrogens (tertiary/aromatic N) is 4. The van der Waals surface area contributed by atoms with Crippen LogP contribution in [0, 0.1) is 0 Å². The summed E-state index contributed by atoms with van der Waals surface area (Å²) in [5.41, 5.74) is 0. The molecule has 2 rings (SSSR count). The minimum atomic E-state index is 0.278. The normalized spacial score (nSPS) is 12.3. The molecule has 2 aromatic heterocycles. The highest BCUT2D eigenvalue weighted by Gasteiger charge is 2.03. The number of hydrogen-bond acceptors (Lipinski definition) is 4. The van der Waals surface area contributed by atoms with Crippen molar-refractivity contribution in [3.63, 3.8) is 0 Å². The fourth-order valence-corrected chi connectivity index (χ4v) is 1.36. The molecule has 5 heteroatoms. The number of aromatic nitrogens is 4. The van der Waals surface area contributed by atoms with Gasteiger partial charge in [-0.05, 0) is 19.1 Å². The van der Waals surface area contributed by atoms with Crippen LogP contribution < -0.4 is 5.32 Å². The molecule has 0 saturated carbocycles. The highest BCUT2D eigenvalue weighted by atomic mass is 15.3. The molecule has 0 aliphatic rings. The lowest BCUT2D eigenvalue weighted by Crippen LogP contribution is -2.22. The fraction of sp³-hybridized carbons (Fsp3) is 0.300. The standard InChI is InChI=1S/C10H13N5/c1-9(7-15-6-2-4-13-15)14-10-3-5-11-8-12-10/h2-6,8-9H,7H2,1H3,(H,11,12,14). The van der Waals surface area contributed by atoms with Crippen LogP contribution in [0.15, 0.2) is 37.1 Å². The second kappa shape index (κ2) is 4.54. The molecule has 1 atom stereocenters. The molecule has 0 saturated heterocycles. The molecule has 0 radical (unpaired) electrons. The third-order valence-electron chi connectivity index (χ3n) is 2.00. The van der Waals surface area contributed by atoms with E-state index in [0.29, 0.717) is 0 Å². The molecule has 0 bridgehead atoms. The molecule has 5 nitrogen and oxygen atoms in total. The first-order valence-corrected chi connectivity index (χ1v) is 4.84. The molecule has 0 fully saturated rings. The van der Waals surface area contributed by atoms with Gasteiger partial charge in [-0.3, -0.25) is 4.68 Å². The van der Waals surface area contributed by atoms with Crippen LogP contribution in [-0.4, -0.2) is 25.8 Å². The van der Waals surface area contributed by atoms with Gasteiger partial charge in [-0.1, -0.05) is 0 Å². The fourth-order valence-electron chi connectivity index (χ4n) is 1.36. The van der Waals surface area contributed by atoms with Crippen molar-refractivity contribution in [1.29, 1.82) is 0 Å². The molecule has 0 spiro atoms. The number of nitrogens with one attached hydrogen (secondary N) is 1. The van der Waals surface area contributed by atoms with E-state index in [1.54, 1.807) is 12.4 Å². The van der Waals surface area contributed by atoms with Gasteiger partial charge in [0.2, 0.25) is 0 Å². The van der Waals surface area contributed by atoms with Crippen molar-refractivity contribution < 1.29 is 0 Å². The summed E-state index contributed by atoms with van der Waals surface area (Å²) in [7, 11) is 0. The summed E-state index contributed by atoms with van der Waals surface area (Å²) in [6, 6.07) is 4.04. The predicted molar refractivity (Wildman–Crippen MR) is 57.3 cm³/mol. The van der Waals surface area contributed by atoms with Crippen molar-refractivity contribution in [3.8, 4) is 0 Å². The van der Waals surface area contributed by atoms with Gasteiger partial charge in [0.05, 0.1) is 6.54 Å². The van der Waals surface area contributed by atoms with E-state index in [0.717, 1.165) is 12.4 Å². The molecule has 2 aromatic rings. The van der Waals surface area contributed by atoms with Crippen molar-refractivity contribution in [2.45, 2.75) is 19.5 Å². The second-order valence-electron chi connectivity index (χ2n) is 3.37. The van der Waals surface area contributed by atoms with Gasteiger partial charge < -0.3 is 5.32 Å². The summed E-state index contributed by atoms with van der Waals surface area (Å²) < 4.78 is 1.89. The van der Waals surface area contributed by atoms with Crippen LogP contribution in [0.3, 0.4) is 0 Å². The lowest BCUT2D eigenvalue weighted by atomic mass is 10.3. The maximum absolute atomic E-state index is 4.14. The van der Waals surface area contributed by atoms with Crippen molar-refractivity contribution in [3.05, 3.63) is 37.1 Å². The smallest absolute Gasteiger partial charge is 0.129 e. The average Bonchev–Trinajstić information content (AvgIpc) is 2.71. The Morgan fingerprint density at radius 3 is 3.07 bits per heavy atom. The number of anilines is 1. The molecule has 15 heavy (non-hydrogen) atoms. The summed E-state index contributed by atoms with van der Waals surface area (Å²) in [6.45, 7) is 2.90. The molecule has 2 heterocycles. The van der Waals surface area contributed by atoms with Gasteiger partial charge in [0.1, 0.15) is 12.1 Å². The SMILES string of the molecule is CC(Cn1cccn1)Nc1ccncn1. The zero-order valence-electron chi connectivity index (χ0n) is 8.54. The topological polar surface area (TPSA) is 55.6 Å². The molecule has 1 unspecified atom stereocenters. The first-order valence-electron chi connectivity index (χ1n) is 4.84. The van der Waals surface area contributed by atoms with Crippen molar-refractivity contribution >= 4 is 5.82 Å². The Bertz CT molecular complexity index is 383. The maximum Gasteiger partial charge on any atom is 0.129 e. The monoisotopic (exact) mass is 203 g/mol. The van der Waals surface area contributed by atoms with Gasteiger partial charge in [-0.2, -0.15) is 5.10 Å². The molecular weight excluding hydrogens is 190 g/mol. The quantitative estimate of drug-likeness (QED) is 0.810. The zero-order valence-corrected chi connectivity index (χ0v) is 8.54. The minimum Gasteiger partial charge on any atom is -0.366 e. The van der Waals surface area contributed by atoms with Gasteiger partial charge in [-0.15, -0.1) is 0 Å². The lowest BCUT2D eigenvalue weighted by Gasteiger charge is -2.13. The summed E-state index contributed by atoms with van der Waals surface area (Å²) in [5, 5.41) is 7.41. The first-order chi connectivity index (χ1) is 7.34. The Hall–Kier alpha value is -1.91. The van der Waals surface area contributed by atoms with Gasteiger partial charge >= 0.3 is 0 Å². The van der Waals surface area contributed by atoms with E-state index < -0.39 is 0 Å². The summed E-state index contributed by atoms with van der Waals surface area (Å²) in [4.78, 5) is 7.96. The van der Waals surface area contributed by atoms with Crippen LogP contribution in [0.25, 0.3) is 0 Å². The van der Waals surface area contributed by atoms with Gasteiger partial charge in [0, 0.05) is 24.6 Å². The third kappa shape index (κ3) is 2.77. The largest absolute Gasteiger partial charge is 0.366 e. The average molecular weight is 203 g/mol. The maximum atomic E-state index is 4.14. The molecule has 0 aliphatic heterocycles. The van der Waals surface area contributed by atoms with E-state index in [-0.39, 0.29) is 6.04 Å². The Balaban J connectivity index is 1.90. The van der Waals surface area contributed by atoms with Crippen molar-refractivity contribution in [1.82, 2.24) is 19.7 Å². The third-order valence-corrected chi connectivity index (χ3v) is 2.00. The summed E-state index contributed by atoms with van der Waals surface area (Å²) in [6.07, 6.45) is 6.97. The van der Waals surface area contributed by atoms with Gasteiger partial charge in [-0.25, -0.2) is 9.97 Å². The van der Waals surface area contributed by atoms with E-state index in [9.17, 15) is 0 Å². The Morgan fingerprint density at radius 1 is 1.47 bits per heavy atom. The van der Waals surface area contributed by atoms with E-state index in [1.165, 1.54) is 6.33 Å². The van der Waals surface area contributed by atoms with Gasteiger partial charge in [0.25, 0.3) is 0 Å². The van der Waals surface area contributed by atoms with Crippen LogP contribution >= 0.6 is 0 Å². The van der Waals surface area contributed by atoms with Crippen LogP contribution in [0.5, 0.6) is 0 Å². The first kappa shape index (κ1) is 9.64. The number of rotatable bonds is 4. The van der Waals surface area contributed by atoms with Gasteiger partial charge in [0.15, 0.2) is 0 Å². The molecule has 0 aliphatic carbocycles. The molecule has 0 amide bonds. The van der Waals surface area contributed by atoms with Crippen molar-refractivity contribution in [2.75, 3.05) is 5.32 Å². The molecule has 0 aromatic carbocycles. The van der Waals surface area contributed by atoms with Crippen LogP contribution in [0.4, 0.5) is 5.82 Å². The van der Waals surface area contributed by atoms with E-state index in [4.69, 9.17) is 0 Å². The van der Waals surface area contributed by atoms with E-state index in [2.05, 4.69) is 27.3 Å². The summed E-state index contributed by atoms with van der Waals surface area (Å²) in [5.74, 6) is 0.838. The van der Waals surface area contributed by atoms with E-state index >= 15 is 0 Å². The van der Waals surface area contributed by atoms with E-state index in [1.807, 2.05) is 23.0 Å². The molecular formula is C10H13N5. The highest BCUT2D eigenvalue weighted by Crippen LogP contribution is 2.02. The van der Waals surface area contributed by atoms with Crippen molar-refractivity contribution in [2.24, 2.45) is 0 Å². The second-order valence-corrected chi connectivity index (χ2v) is 3.37. The molecule has 1 N–H and O–H groups in total. The predicted octanol–water partition coefficient (Wildman–Crippen LogP) is 1.17. The van der Waals surface area contributed by atoms with Crippen LogP contribution in [0.2, 0.25) is 0 Å². The minimum absolute atomic E-state index is 0.278. The zero-order chi connectivity index (χ0) is 10.5. The van der Waals surface area contributed by atoms with Crippen LogP contribution in [-0.2, 0) is 6.54 Å². The lowest BCUT2D eigenvalue weighted by molar-refractivity contribution is 0.559. The Kier molecular flexibility index (Phi) is 2.92. The molecule has 78 valence electrons. The highest BCUT2D eigenvalue weighted by molar-refractivity contribution is 5.32. The summed E-state index contributed by atoms with van der Waals surface area (Å²) >= 11 is 0. The van der Waals surface area contributed by atoms with Crippen LogP contribution in [0.1, 0.15) is 6.92 Å². The Labute approximate surface area is 88.2 Å². The number of hydrogen-bond donors (Lipinski definition) is 1.